The molecule has 1 aromatic rings. The van der Waals surface area contributed by atoms with E-state index in [0.29, 0.717) is 18.7 Å². The number of aldehydes is 1. The van der Waals surface area contributed by atoms with Crippen LogP contribution in [0.2, 0.25) is 0 Å². The molecule has 25 heavy (non-hydrogen) atoms. The molecule has 1 aromatic carbocycles. The van der Waals surface area contributed by atoms with E-state index in [2.05, 4.69) is 10.6 Å². The molecule has 1 aliphatic rings. The third-order valence-corrected chi connectivity index (χ3v) is 4.34. The van der Waals surface area contributed by atoms with E-state index < -0.39 is 6.04 Å². The van der Waals surface area contributed by atoms with Gasteiger partial charge in [0.05, 0.1) is 0 Å². The van der Waals surface area contributed by atoms with Gasteiger partial charge < -0.3 is 20.3 Å². The molecule has 1 aliphatic heterocycles. The Hall–Kier alpha value is -2.41. The first-order valence-corrected chi connectivity index (χ1v) is 8.46. The lowest BCUT2D eigenvalue weighted by atomic mass is 10.1. The highest BCUT2D eigenvalue weighted by molar-refractivity contribution is 6.27. The highest BCUT2D eigenvalue weighted by atomic mass is 35.5. The smallest absolute Gasteiger partial charge is 0.255 e. The number of carbonyl (C=O) groups is 4. The summed E-state index contributed by atoms with van der Waals surface area (Å²) in [6, 6.07) is 4.60. The van der Waals surface area contributed by atoms with Gasteiger partial charge in [0.2, 0.25) is 11.8 Å². The Morgan fingerprint density at radius 3 is 2.80 bits per heavy atom. The molecule has 2 rings (SSSR count). The Labute approximate surface area is 150 Å². The lowest BCUT2D eigenvalue weighted by molar-refractivity contribution is -0.125. The fraction of sp³-hybridized carbons (Fsp3) is 0.412. The summed E-state index contributed by atoms with van der Waals surface area (Å²) in [5, 5.41) is 5.21. The van der Waals surface area contributed by atoms with Gasteiger partial charge >= 0.3 is 0 Å². The van der Waals surface area contributed by atoms with Crippen LogP contribution in [0.1, 0.15) is 34.3 Å². The first-order chi connectivity index (χ1) is 12.0. The van der Waals surface area contributed by atoms with E-state index in [0.717, 1.165) is 17.4 Å². The molecule has 0 radical (unpaired) electrons. The minimum atomic E-state index is -0.686. The maximum atomic E-state index is 12.6. The first-order valence-electron chi connectivity index (χ1n) is 7.92. The number of halogens is 1. The molecule has 7 nitrogen and oxygen atoms in total. The number of alkyl halides is 1. The number of hydrogen-bond acceptors (Lipinski definition) is 4. The summed E-state index contributed by atoms with van der Waals surface area (Å²) in [6.07, 6.45) is 1.22. The van der Waals surface area contributed by atoms with Crippen LogP contribution in [-0.4, -0.2) is 47.9 Å². The van der Waals surface area contributed by atoms with Gasteiger partial charge in [-0.2, -0.15) is 0 Å². The second kappa shape index (κ2) is 8.62. The second-order valence-corrected chi connectivity index (χ2v) is 5.98. The number of carbonyl (C=O) groups excluding carboxylic acids is 4. The Balaban J connectivity index is 2.16. The van der Waals surface area contributed by atoms with Crippen molar-refractivity contribution in [2.45, 2.75) is 32.0 Å². The number of fused-ring (bicyclic) bond motifs is 1. The van der Waals surface area contributed by atoms with Gasteiger partial charge in [-0.25, -0.2) is 0 Å². The van der Waals surface area contributed by atoms with E-state index in [-0.39, 0.29) is 36.4 Å². The number of amides is 3. The quantitative estimate of drug-likeness (QED) is 0.520. The molecule has 0 fully saturated rings. The molecule has 134 valence electrons. The van der Waals surface area contributed by atoms with E-state index in [1.54, 1.807) is 12.1 Å². The Morgan fingerprint density at radius 1 is 1.40 bits per heavy atom. The van der Waals surface area contributed by atoms with Crippen molar-refractivity contribution >= 4 is 35.6 Å². The lowest BCUT2D eigenvalue weighted by Crippen LogP contribution is -2.46. The van der Waals surface area contributed by atoms with Crippen LogP contribution in [0.4, 0.5) is 0 Å². The molecule has 0 spiro atoms. The van der Waals surface area contributed by atoms with Gasteiger partial charge in [0, 0.05) is 32.1 Å². The van der Waals surface area contributed by atoms with Crippen LogP contribution in [0.5, 0.6) is 0 Å². The van der Waals surface area contributed by atoms with Crippen LogP contribution >= 0.6 is 11.6 Å². The van der Waals surface area contributed by atoms with E-state index in [1.165, 1.54) is 11.9 Å². The van der Waals surface area contributed by atoms with Gasteiger partial charge in [-0.15, -0.1) is 11.6 Å². The van der Waals surface area contributed by atoms with Crippen molar-refractivity contribution < 1.29 is 19.2 Å². The molecule has 0 saturated carbocycles. The molecular formula is C17H20ClN3O4. The van der Waals surface area contributed by atoms with Crippen LogP contribution in [0.25, 0.3) is 0 Å². The maximum Gasteiger partial charge on any atom is 0.255 e. The summed E-state index contributed by atoms with van der Waals surface area (Å²) >= 11 is 5.44. The van der Waals surface area contributed by atoms with Crippen LogP contribution in [0.3, 0.4) is 0 Å². The van der Waals surface area contributed by atoms with E-state index in [4.69, 9.17) is 11.6 Å². The van der Waals surface area contributed by atoms with Crippen molar-refractivity contribution in [2.75, 3.05) is 12.9 Å². The fourth-order valence-corrected chi connectivity index (χ4v) is 2.92. The second-order valence-electron chi connectivity index (χ2n) is 5.71. The molecule has 0 aliphatic carbocycles. The van der Waals surface area contributed by atoms with Crippen LogP contribution < -0.4 is 10.6 Å². The van der Waals surface area contributed by atoms with Crippen LogP contribution in [0.15, 0.2) is 18.2 Å². The number of likely N-dealkylation sites (N-methyl/N-ethyl adjacent to an activating group) is 1. The number of hydrogen-bond donors (Lipinski definition) is 2. The van der Waals surface area contributed by atoms with Gasteiger partial charge in [-0.05, 0) is 23.6 Å². The summed E-state index contributed by atoms with van der Waals surface area (Å²) in [6.45, 7) is 0.611. The molecule has 1 heterocycles. The summed E-state index contributed by atoms with van der Waals surface area (Å²) in [5.74, 6) is -0.904. The number of rotatable bonds is 8. The van der Waals surface area contributed by atoms with Gasteiger partial charge in [0.1, 0.15) is 18.2 Å². The summed E-state index contributed by atoms with van der Waals surface area (Å²) in [7, 11) is 1.50. The molecule has 8 heteroatoms. The SMILES string of the molecule is CNC(=O)C(CCC=O)N1Cc2cc(CNC(=O)CCl)ccc2C1=O. The fourth-order valence-electron chi connectivity index (χ4n) is 2.83. The van der Waals surface area contributed by atoms with Crippen molar-refractivity contribution in [3.8, 4) is 0 Å². The predicted octanol–water partition coefficient (Wildman–Crippen LogP) is 0.591. The topological polar surface area (TPSA) is 95.6 Å². The monoisotopic (exact) mass is 365 g/mol. The van der Waals surface area contributed by atoms with Crippen molar-refractivity contribution in [1.82, 2.24) is 15.5 Å². The van der Waals surface area contributed by atoms with Crippen molar-refractivity contribution in [3.63, 3.8) is 0 Å². The largest absolute Gasteiger partial charge is 0.357 e. The molecule has 0 saturated heterocycles. The molecule has 2 N–H and O–H groups in total. The summed E-state index contributed by atoms with van der Waals surface area (Å²) < 4.78 is 0. The zero-order chi connectivity index (χ0) is 18.4. The maximum absolute atomic E-state index is 12.6. The van der Waals surface area contributed by atoms with Gasteiger partial charge in [-0.3, -0.25) is 14.4 Å². The van der Waals surface area contributed by atoms with E-state index >= 15 is 0 Å². The van der Waals surface area contributed by atoms with Gasteiger partial charge in [0.25, 0.3) is 5.91 Å². The molecule has 1 atom stereocenters. The average Bonchev–Trinajstić information content (AvgIpc) is 2.95. The lowest BCUT2D eigenvalue weighted by Gasteiger charge is -2.25. The van der Waals surface area contributed by atoms with Crippen LogP contribution in [-0.2, 0) is 27.5 Å². The highest BCUT2D eigenvalue weighted by Crippen LogP contribution is 2.27. The summed E-state index contributed by atoms with van der Waals surface area (Å²) in [4.78, 5) is 48.1. The standard InChI is InChI=1S/C17H20ClN3O4/c1-19-16(24)14(3-2-6-22)21-10-12-7-11(9-20-15(23)8-18)4-5-13(12)17(21)25/h4-7,14H,2-3,8-10H2,1H3,(H,19,24)(H,20,23). The molecule has 0 aromatic heterocycles. The van der Waals surface area contributed by atoms with Gasteiger partial charge in [0.15, 0.2) is 0 Å². The van der Waals surface area contributed by atoms with Crippen molar-refractivity contribution in [2.24, 2.45) is 0 Å². The zero-order valence-electron chi connectivity index (χ0n) is 13.9. The number of benzene rings is 1. The van der Waals surface area contributed by atoms with Gasteiger partial charge in [-0.1, -0.05) is 12.1 Å². The third kappa shape index (κ3) is 4.36. The van der Waals surface area contributed by atoms with E-state index in [9.17, 15) is 19.2 Å². The first kappa shape index (κ1) is 18.9. The summed E-state index contributed by atoms with van der Waals surface area (Å²) in [5.41, 5.74) is 2.17. The molecule has 3 amide bonds. The van der Waals surface area contributed by atoms with Crippen molar-refractivity contribution in [3.05, 3.63) is 34.9 Å². The third-order valence-electron chi connectivity index (χ3n) is 4.10. The predicted molar refractivity (Wildman–Crippen MR) is 92.0 cm³/mol. The Morgan fingerprint density at radius 2 is 2.16 bits per heavy atom. The number of nitrogens with zero attached hydrogens (tertiary/aromatic N) is 1. The minimum absolute atomic E-state index is 0.109. The Bertz CT molecular complexity index is 692. The molecule has 1 unspecified atom stereocenters. The number of nitrogens with one attached hydrogen (secondary N) is 2. The molecule has 0 bridgehead atoms. The van der Waals surface area contributed by atoms with Crippen molar-refractivity contribution in [1.29, 1.82) is 0 Å². The normalized spacial score (nSPS) is 14.0. The van der Waals surface area contributed by atoms with Crippen LogP contribution in [0, 0.1) is 0 Å². The average molecular weight is 366 g/mol. The minimum Gasteiger partial charge on any atom is -0.357 e. The highest BCUT2D eigenvalue weighted by Gasteiger charge is 2.35. The zero-order valence-corrected chi connectivity index (χ0v) is 14.6. The Kier molecular flexibility index (Phi) is 6.52. The molecular weight excluding hydrogens is 346 g/mol. The van der Waals surface area contributed by atoms with E-state index in [1.807, 2.05) is 6.07 Å².